The zero-order valence-corrected chi connectivity index (χ0v) is 11.8. The molecule has 2 aromatic rings. The van der Waals surface area contributed by atoms with Gasteiger partial charge in [0.1, 0.15) is 5.82 Å². The molecule has 1 saturated heterocycles. The van der Waals surface area contributed by atoms with Crippen LogP contribution in [0, 0.1) is 13.8 Å². The van der Waals surface area contributed by atoms with Gasteiger partial charge >= 0.3 is 0 Å². The highest BCUT2D eigenvalue weighted by atomic mass is 15.3. The number of hydrogen-bond acceptors (Lipinski definition) is 4. The summed E-state index contributed by atoms with van der Waals surface area (Å²) in [4.78, 5) is 4.69. The summed E-state index contributed by atoms with van der Waals surface area (Å²) in [7, 11) is 0. The number of aromatic nitrogens is 3. The van der Waals surface area contributed by atoms with Gasteiger partial charge in [0.15, 0.2) is 5.65 Å². The van der Waals surface area contributed by atoms with Crippen LogP contribution in [0.1, 0.15) is 30.3 Å². The van der Waals surface area contributed by atoms with Crippen LogP contribution < -0.4 is 10.6 Å². The first-order valence-electron chi connectivity index (χ1n) is 7.02. The van der Waals surface area contributed by atoms with E-state index >= 15 is 0 Å². The van der Waals surface area contributed by atoms with Crippen molar-refractivity contribution in [1.29, 1.82) is 0 Å². The normalized spacial score (nSPS) is 19.2. The van der Waals surface area contributed by atoms with E-state index in [1.54, 1.807) is 0 Å². The van der Waals surface area contributed by atoms with Gasteiger partial charge in [-0.1, -0.05) is 6.92 Å². The zero-order chi connectivity index (χ0) is 13.4. The van der Waals surface area contributed by atoms with Crippen molar-refractivity contribution in [1.82, 2.24) is 19.9 Å². The number of hydrogen-bond donors (Lipinski definition) is 2. The molecule has 102 valence electrons. The van der Waals surface area contributed by atoms with E-state index in [2.05, 4.69) is 35.6 Å². The molecule has 3 heterocycles. The molecule has 0 unspecified atom stereocenters. The Labute approximate surface area is 113 Å². The largest absolute Gasteiger partial charge is 0.366 e. The molecule has 5 heteroatoms. The second kappa shape index (κ2) is 4.81. The van der Waals surface area contributed by atoms with Crippen molar-refractivity contribution in [3.63, 3.8) is 0 Å². The van der Waals surface area contributed by atoms with Crippen LogP contribution in [0.2, 0.25) is 0 Å². The molecule has 2 aromatic heterocycles. The third-order valence-corrected chi connectivity index (χ3v) is 3.88. The highest BCUT2D eigenvalue weighted by Crippen LogP contribution is 2.20. The highest BCUT2D eigenvalue weighted by molar-refractivity contribution is 5.56. The molecule has 0 aliphatic carbocycles. The van der Waals surface area contributed by atoms with Crippen LogP contribution >= 0.6 is 0 Å². The fourth-order valence-corrected chi connectivity index (χ4v) is 2.55. The summed E-state index contributed by atoms with van der Waals surface area (Å²) in [6.45, 7) is 8.37. The summed E-state index contributed by atoms with van der Waals surface area (Å²) in [6, 6.07) is 2.61. The van der Waals surface area contributed by atoms with E-state index in [0.29, 0.717) is 6.04 Å². The topological polar surface area (TPSA) is 54.2 Å². The minimum absolute atomic E-state index is 0.486. The molecule has 3 rings (SSSR count). The van der Waals surface area contributed by atoms with Crippen LogP contribution in [0.4, 0.5) is 5.82 Å². The van der Waals surface area contributed by atoms with Gasteiger partial charge < -0.3 is 10.6 Å². The first kappa shape index (κ1) is 12.4. The van der Waals surface area contributed by atoms with Gasteiger partial charge in [-0.2, -0.15) is 9.61 Å². The van der Waals surface area contributed by atoms with Crippen LogP contribution in [0.15, 0.2) is 6.07 Å². The third-order valence-electron chi connectivity index (χ3n) is 3.88. The van der Waals surface area contributed by atoms with Crippen molar-refractivity contribution in [2.24, 2.45) is 0 Å². The molecule has 2 N–H and O–H groups in total. The highest BCUT2D eigenvalue weighted by Gasteiger charge is 2.17. The summed E-state index contributed by atoms with van der Waals surface area (Å²) < 4.78 is 1.95. The summed E-state index contributed by atoms with van der Waals surface area (Å²) >= 11 is 0. The molecule has 0 amide bonds. The maximum Gasteiger partial charge on any atom is 0.160 e. The Kier molecular flexibility index (Phi) is 3.14. The number of aryl methyl sites for hydroxylation is 3. The standard InChI is InChI=1S/C14H21N5/c1-4-11-7-13(16-12-5-6-15-8-12)19-14(17-11)9(2)10(3)18-19/h7,12,15-16H,4-6,8H2,1-3H3/t12-/m1/s1. The van der Waals surface area contributed by atoms with E-state index in [-0.39, 0.29) is 0 Å². The summed E-state index contributed by atoms with van der Waals surface area (Å²) in [5.41, 5.74) is 4.31. The maximum absolute atomic E-state index is 4.69. The molecular formula is C14H21N5. The number of nitrogens with one attached hydrogen (secondary N) is 2. The molecule has 5 nitrogen and oxygen atoms in total. The number of nitrogens with zero attached hydrogens (tertiary/aromatic N) is 3. The minimum Gasteiger partial charge on any atom is -0.366 e. The Bertz CT molecular complexity index is 595. The van der Waals surface area contributed by atoms with E-state index in [1.807, 2.05) is 11.4 Å². The first-order chi connectivity index (χ1) is 9.19. The molecule has 1 aliphatic rings. The lowest BCUT2D eigenvalue weighted by Gasteiger charge is -2.14. The van der Waals surface area contributed by atoms with Crippen molar-refractivity contribution in [3.05, 3.63) is 23.0 Å². The van der Waals surface area contributed by atoms with Crippen molar-refractivity contribution < 1.29 is 0 Å². The van der Waals surface area contributed by atoms with Gasteiger partial charge in [0.2, 0.25) is 0 Å². The Hall–Kier alpha value is -1.62. The fourth-order valence-electron chi connectivity index (χ4n) is 2.55. The van der Waals surface area contributed by atoms with E-state index in [1.165, 1.54) is 5.56 Å². The molecule has 0 saturated carbocycles. The van der Waals surface area contributed by atoms with Crippen LogP contribution in [0.25, 0.3) is 5.65 Å². The van der Waals surface area contributed by atoms with Crippen molar-refractivity contribution in [2.45, 2.75) is 39.7 Å². The fraction of sp³-hybridized carbons (Fsp3) is 0.571. The predicted octanol–water partition coefficient (Wildman–Crippen LogP) is 1.68. The molecule has 0 spiro atoms. The quantitative estimate of drug-likeness (QED) is 0.880. The molecule has 1 fully saturated rings. The average molecular weight is 259 g/mol. The van der Waals surface area contributed by atoms with Gasteiger partial charge in [0.25, 0.3) is 0 Å². The first-order valence-corrected chi connectivity index (χ1v) is 7.02. The smallest absolute Gasteiger partial charge is 0.160 e. The van der Waals surface area contributed by atoms with Gasteiger partial charge in [-0.3, -0.25) is 0 Å². The lowest BCUT2D eigenvalue weighted by atomic mass is 10.2. The molecule has 1 aliphatic heterocycles. The summed E-state index contributed by atoms with van der Waals surface area (Å²) in [6.07, 6.45) is 2.10. The van der Waals surface area contributed by atoms with E-state index in [4.69, 9.17) is 4.98 Å². The average Bonchev–Trinajstić information content (AvgIpc) is 3.00. The Morgan fingerprint density at radius 3 is 3.00 bits per heavy atom. The van der Waals surface area contributed by atoms with Gasteiger partial charge in [-0.05, 0) is 33.2 Å². The minimum atomic E-state index is 0.486. The van der Waals surface area contributed by atoms with Gasteiger partial charge in [-0.15, -0.1) is 0 Å². The molecule has 1 atom stereocenters. The van der Waals surface area contributed by atoms with Gasteiger partial charge in [0.05, 0.1) is 5.69 Å². The van der Waals surface area contributed by atoms with E-state index < -0.39 is 0 Å². The van der Waals surface area contributed by atoms with Crippen LogP contribution in [0.3, 0.4) is 0 Å². The number of rotatable bonds is 3. The lowest BCUT2D eigenvalue weighted by Crippen LogP contribution is -2.24. The predicted molar refractivity (Wildman–Crippen MR) is 76.7 cm³/mol. The second-order valence-electron chi connectivity index (χ2n) is 5.27. The van der Waals surface area contributed by atoms with Gasteiger partial charge in [0, 0.05) is 29.9 Å². The lowest BCUT2D eigenvalue weighted by molar-refractivity contribution is 0.771. The van der Waals surface area contributed by atoms with Crippen LogP contribution in [-0.2, 0) is 6.42 Å². The molecule has 0 bridgehead atoms. The monoisotopic (exact) mass is 259 g/mol. The van der Waals surface area contributed by atoms with Crippen molar-refractivity contribution >= 4 is 11.5 Å². The molecule has 0 aromatic carbocycles. The Morgan fingerprint density at radius 2 is 2.32 bits per heavy atom. The van der Waals surface area contributed by atoms with Gasteiger partial charge in [-0.25, -0.2) is 4.98 Å². The van der Waals surface area contributed by atoms with E-state index in [9.17, 15) is 0 Å². The Balaban J connectivity index is 2.07. The summed E-state index contributed by atoms with van der Waals surface area (Å²) in [5.74, 6) is 1.06. The molecule has 0 radical (unpaired) electrons. The van der Waals surface area contributed by atoms with Crippen LogP contribution in [0.5, 0.6) is 0 Å². The zero-order valence-electron chi connectivity index (χ0n) is 11.8. The third kappa shape index (κ3) is 2.18. The molecule has 19 heavy (non-hydrogen) atoms. The van der Waals surface area contributed by atoms with E-state index in [0.717, 1.165) is 48.8 Å². The van der Waals surface area contributed by atoms with Crippen LogP contribution in [-0.4, -0.2) is 33.7 Å². The SMILES string of the molecule is CCc1cc(N[C@@H]2CCNC2)n2nc(C)c(C)c2n1. The molecular weight excluding hydrogens is 238 g/mol. The maximum atomic E-state index is 4.69. The van der Waals surface area contributed by atoms with Crippen molar-refractivity contribution in [3.8, 4) is 0 Å². The Morgan fingerprint density at radius 1 is 1.47 bits per heavy atom. The summed E-state index contributed by atoms with van der Waals surface area (Å²) in [5, 5.41) is 11.6. The van der Waals surface area contributed by atoms with Crippen molar-refractivity contribution in [2.75, 3.05) is 18.4 Å². The number of anilines is 1. The second-order valence-corrected chi connectivity index (χ2v) is 5.27. The number of fused-ring (bicyclic) bond motifs is 1.